The first kappa shape index (κ1) is 14.6. The number of benzene rings is 2. The summed E-state index contributed by atoms with van der Waals surface area (Å²) in [5.74, 6) is -0.0336. The van der Waals surface area contributed by atoms with Crippen molar-refractivity contribution < 1.29 is 9.59 Å². The fraction of sp³-hybridized carbons (Fsp3) is 0.125. The number of carbonyl (C=O) groups excluding carboxylic acids is 2. The molecule has 0 spiro atoms. The molecule has 0 saturated heterocycles. The van der Waals surface area contributed by atoms with Crippen LogP contribution in [-0.4, -0.2) is 12.1 Å². The van der Waals surface area contributed by atoms with Crippen LogP contribution in [0.3, 0.4) is 0 Å². The van der Waals surface area contributed by atoms with E-state index in [9.17, 15) is 9.59 Å². The lowest BCUT2D eigenvalue weighted by molar-refractivity contribution is -0.107. The zero-order valence-electron chi connectivity index (χ0n) is 10.9. The van der Waals surface area contributed by atoms with Gasteiger partial charge in [-0.15, -0.1) is 0 Å². The van der Waals surface area contributed by atoms with E-state index in [0.29, 0.717) is 23.2 Å². The minimum Gasteiger partial charge on any atom is -0.398 e. The molecule has 0 aliphatic heterocycles. The van der Waals surface area contributed by atoms with E-state index in [0.717, 1.165) is 6.29 Å². The third-order valence-electron chi connectivity index (χ3n) is 2.41. The van der Waals surface area contributed by atoms with Crippen LogP contribution in [0.15, 0.2) is 54.6 Å². The molecule has 0 radical (unpaired) electrons. The summed E-state index contributed by atoms with van der Waals surface area (Å²) in [4.78, 5) is 21.2. The molecule has 2 rings (SSSR count). The summed E-state index contributed by atoms with van der Waals surface area (Å²) in [6.45, 7) is 1.81. The van der Waals surface area contributed by atoms with Gasteiger partial charge in [0.1, 0.15) is 6.29 Å². The molecule has 0 atom stereocenters. The second kappa shape index (κ2) is 7.82. The van der Waals surface area contributed by atoms with Crippen molar-refractivity contribution in [2.24, 2.45) is 0 Å². The van der Waals surface area contributed by atoms with Crippen LogP contribution < -0.4 is 5.73 Å². The molecule has 0 aliphatic carbocycles. The fourth-order valence-corrected chi connectivity index (χ4v) is 1.45. The lowest BCUT2D eigenvalue weighted by atomic mass is 10.0. The van der Waals surface area contributed by atoms with Gasteiger partial charge >= 0.3 is 0 Å². The highest BCUT2D eigenvalue weighted by Gasteiger charge is 2.10. The molecule has 2 N–H and O–H groups in total. The summed E-state index contributed by atoms with van der Waals surface area (Å²) in [7, 11) is 0. The lowest BCUT2D eigenvalue weighted by Gasteiger charge is -2.03. The van der Waals surface area contributed by atoms with Crippen LogP contribution in [-0.2, 0) is 4.79 Å². The van der Waals surface area contributed by atoms with Crippen LogP contribution in [0.1, 0.15) is 29.3 Å². The Hall–Kier alpha value is -2.42. The lowest BCUT2D eigenvalue weighted by Crippen LogP contribution is -2.04. The second-order valence-corrected chi connectivity index (χ2v) is 3.86. The van der Waals surface area contributed by atoms with E-state index in [-0.39, 0.29) is 5.78 Å². The van der Waals surface area contributed by atoms with Crippen LogP contribution in [0.25, 0.3) is 0 Å². The molecule has 0 aromatic heterocycles. The van der Waals surface area contributed by atoms with Gasteiger partial charge in [-0.3, -0.25) is 4.79 Å². The Morgan fingerprint density at radius 1 is 1.05 bits per heavy atom. The van der Waals surface area contributed by atoms with E-state index in [2.05, 4.69) is 0 Å². The van der Waals surface area contributed by atoms with E-state index in [4.69, 9.17) is 5.73 Å². The summed E-state index contributed by atoms with van der Waals surface area (Å²) in [6.07, 6.45) is 1.51. The van der Waals surface area contributed by atoms with Crippen molar-refractivity contribution >= 4 is 17.8 Å². The first-order chi connectivity index (χ1) is 9.20. The van der Waals surface area contributed by atoms with Crippen molar-refractivity contribution in [1.29, 1.82) is 0 Å². The number of rotatable bonds is 3. The number of nitrogens with two attached hydrogens (primary N) is 1. The molecule has 2 aromatic rings. The van der Waals surface area contributed by atoms with Crippen molar-refractivity contribution in [1.82, 2.24) is 0 Å². The maximum absolute atomic E-state index is 12.0. The molecule has 0 saturated carbocycles. The van der Waals surface area contributed by atoms with E-state index in [1.165, 1.54) is 0 Å². The fourth-order valence-electron chi connectivity index (χ4n) is 1.45. The minimum absolute atomic E-state index is 0.0336. The number of para-hydroxylation sites is 1. The first-order valence-corrected chi connectivity index (χ1v) is 6.08. The summed E-state index contributed by atoms with van der Waals surface area (Å²) < 4.78 is 0. The number of hydrogen-bond acceptors (Lipinski definition) is 3. The predicted molar refractivity (Wildman–Crippen MR) is 77.1 cm³/mol. The predicted octanol–water partition coefficient (Wildman–Crippen LogP) is 3.10. The summed E-state index contributed by atoms with van der Waals surface area (Å²) >= 11 is 0. The highest BCUT2D eigenvalue weighted by molar-refractivity contribution is 6.11. The van der Waals surface area contributed by atoms with Crippen LogP contribution in [0.4, 0.5) is 5.69 Å². The van der Waals surface area contributed by atoms with Crippen molar-refractivity contribution in [3.05, 3.63) is 65.7 Å². The standard InChI is InChI=1S/C13H11NO.C3H6O/c14-12-9-5-4-8-11(12)13(15)10-6-2-1-3-7-10;1-2-3-4/h1-9H,14H2;3H,2H2,1H3. The van der Waals surface area contributed by atoms with Crippen LogP contribution >= 0.6 is 0 Å². The van der Waals surface area contributed by atoms with E-state index in [1.807, 2.05) is 37.3 Å². The maximum Gasteiger partial charge on any atom is 0.195 e. The van der Waals surface area contributed by atoms with Gasteiger partial charge in [0.2, 0.25) is 0 Å². The number of nitrogen functional groups attached to an aromatic ring is 1. The normalized spacial score (nSPS) is 9.11. The molecule has 0 fully saturated rings. The van der Waals surface area contributed by atoms with Gasteiger partial charge in [-0.25, -0.2) is 0 Å². The minimum atomic E-state index is -0.0336. The Labute approximate surface area is 113 Å². The highest BCUT2D eigenvalue weighted by atomic mass is 16.1. The number of carbonyl (C=O) groups is 2. The van der Waals surface area contributed by atoms with Gasteiger partial charge in [0, 0.05) is 23.2 Å². The molecule has 0 aliphatic rings. The molecule has 3 heteroatoms. The smallest absolute Gasteiger partial charge is 0.195 e. The van der Waals surface area contributed by atoms with Gasteiger partial charge in [-0.1, -0.05) is 49.4 Å². The molecule has 3 nitrogen and oxygen atoms in total. The van der Waals surface area contributed by atoms with Gasteiger partial charge in [0.05, 0.1) is 0 Å². The number of ketones is 1. The average Bonchev–Trinajstić information content (AvgIpc) is 2.48. The monoisotopic (exact) mass is 255 g/mol. The van der Waals surface area contributed by atoms with E-state index < -0.39 is 0 Å². The van der Waals surface area contributed by atoms with Crippen molar-refractivity contribution in [2.75, 3.05) is 5.73 Å². The Morgan fingerprint density at radius 2 is 1.58 bits per heavy atom. The number of aldehydes is 1. The average molecular weight is 255 g/mol. The number of anilines is 1. The van der Waals surface area contributed by atoms with Crippen LogP contribution in [0.2, 0.25) is 0 Å². The quantitative estimate of drug-likeness (QED) is 0.521. The van der Waals surface area contributed by atoms with E-state index in [1.54, 1.807) is 24.3 Å². The summed E-state index contributed by atoms with van der Waals surface area (Å²) in [5, 5.41) is 0. The van der Waals surface area contributed by atoms with Crippen molar-refractivity contribution in [2.45, 2.75) is 13.3 Å². The SMILES string of the molecule is CCC=O.Nc1ccccc1C(=O)c1ccccc1. The highest BCUT2D eigenvalue weighted by Crippen LogP contribution is 2.15. The van der Waals surface area contributed by atoms with Crippen molar-refractivity contribution in [3.63, 3.8) is 0 Å². The van der Waals surface area contributed by atoms with Crippen molar-refractivity contribution in [3.8, 4) is 0 Å². The molecule has 98 valence electrons. The molecule has 2 aromatic carbocycles. The van der Waals surface area contributed by atoms with Gasteiger partial charge in [0.25, 0.3) is 0 Å². The van der Waals surface area contributed by atoms with Gasteiger partial charge in [-0.05, 0) is 12.1 Å². The molecular weight excluding hydrogens is 238 g/mol. The third-order valence-corrected chi connectivity index (χ3v) is 2.41. The third kappa shape index (κ3) is 4.39. The maximum atomic E-state index is 12.0. The second-order valence-electron chi connectivity index (χ2n) is 3.86. The summed E-state index contributed by atoms with van der Waals surface area (Å²) in [5.41, 5.74) is 7.48. The molecule has 0 amide bonds. The van der Waals surface area contributed by atoms with E-state index >= 15 is 0 Å². The zero-order valence-corrected chi connectivity index (χ0v) is 10.9. The summed E-state index contributed by atoms with van der Waals surface area (Å²) in [6, 6.07) is 16.2. The number of hydrogen-bond donors (Lipinski definition) is 1. The van der Waals surface area contributed by atoms with Gasteiger partial charge in [-0.2, -0.15) is 0 Å². The Kier molecular flexibility index (Phi) is 6.03. The van der Waals surface area contributed by atoms with Gasteiger partial charge < -0.3 is 10.5 Å². The largest absolute Gasteiger partial charge is 0.398 e. The molecular formula is C16H17NO2. The van der Waals surface area contributed by atoms with Crippen LogP contribution in [0, 0.1) is 0 Å². The Balaban J connectivity index is 0.000000399. The molecule has 19 heavy (non-hydrogen) atoms. The molecule has 0 bridgehead atoms. The first-order valence-electron chi connectivity index (χ1n) is 6.08. The molecule has 0 unspecified atom stereocenters. The van der Waals surface area contributed by atoms with Gasteiger partial charge in [0.15, 0.2) is 5.78 Å². The Bertz CT molecular complexity index is 535. The molecule has 0 heterocycles. The topological polar surface area (TPSA) is 60.2 Å². The Morgan fingerprint density at radius 3 is 2.11 bits per heavy atom. The zero-order chi connectivity index (χ0) is 14.1. The van der Waals surface area contributed by atoms with Crippen LogP contribution in [0.5, 0.6) is 0 Å².